The molecule has 0 saturated carbocycles. The summed E-state index contributed by atoms with van der Waals surface area (Å²) in [6, 6.07) is 9.13. The number of imidazole rings is 1. The molecule has 0 saturated heterocycles. The molecular formula is C21H17N7O4S. The zero-order valence-electron chi connectivity index (χ0n) is 17.5. The smallest absolute Gasteiger partial charge is 0.343 e. The van der Waals surface area contributed by atoms with Crippen molar-refractivity contribution < 1.29 is 9.53 Å². The maximum absolute atomic E-state index is 12.5. The Bertz CT molecular complexity index is 1630. The number of fused-ring (bicyclic) bond motifs is 2. The molecular weight excluding hydrogens is 446 g/mol. The van der Waals surface area contributed by atoms with Gasteiger partial charge in [-0.3, -0.25) is 19.3 Å². The van der Waals surface area contributed by atoms with Crippen LogP contribution in [0.1, 0.15) is 21.6 Å². The molecule has 0 aliphatic rings. The number of nitrogens with zero attached hydrogens (tertiary/aromatic N) is 5. The van der Waals surface area contributed by atoms with Crippen molar-refractivity contribution in [3.63, 3.8) is 0 Å². The predicted molar refractivity (Wildman–Crippen MR) is 121 cm³/mol. The van der Waals surface area contributed by atoms with Gasteiger partial charge in [0.15, 0.2) is 22.0 Å². The summed E-state index contributed by atoms with van der Waals surface area (Å²) >= 11 is 1.30. The highest BCUT2D eigenvalue weighted by Gasteiger charge is 2.19. The number of aromatic nitrogens is 7. The van der Waals surface area contributed by atoms with Crippen LogP contribution in [0, 0.1) is 6.92 Å². The minimum atomic E-state index is -0.600. The fourth-order valence-electron chi connectivity index (χ4n) is 3.41. The van der Waals surface area contributed by atoms with Crippen molar-refractivity contribution in [1.29, 1.82) is 0 Å². The van der Waals surface area contributed by atoms with Gasteiger partial charge in [-0.2, -0.15) is 0 Å². The van der Waals surface area contributed by atoms with E-state index in [2.05, 4.69) is 25.0 Å². The lowest BCUT2D eigenvalue weighted by atomic mass is 10.2. The number of thioether (sulfide) groups is 1. The number of methoxy groups -OCH3 is 1. The number of carbonyl (C=O) groups excluding carboxylic acids is 1. The highest BCUT2D eigenvalue weighted by molar-refractivity contribution is 7.98. The molecule has 0 amide bonds. The van der Waals surface area contributed by atoms with Crippen LogP contribution < -0.4 is 11.1 Å². The molecule has 0 aliphatic heterocycles. The van der Waals surface area contributed by atoms with Crippen molar-refractivity contribution in [3.05, 3.63) is 80.4 Å². The van der Waals surface area contributed by atoms with Gasteiger partial charge in [0.2, 0.25) is 0 Å². The van der Waals surface area contributed by atoms with Crippen molar-refractivity contribution in [2.45, 2.75) is 17.8 Å². The van der Waals surface area contributed by atoms with Crippen molar-refractivity contribution in [3.8, 4) is 5.69 Å². The van der Waals surface area contributed by atoms with Crippen LogP contribution in [-0.2, 0) is 10.5 Å². The number of H-pyrrole nitrogens is 2. The van der Waals surface area contributed by atoms with Crippen LogP contribution in [0.3, 0.4) is 0 Å². The molecule has 4 aromatic heterocycles. The third-order valence-electron chi connectivity index (χ3n) is 5.02. The number of ether oxygens (including phenoxy) is 1. The largest absolute Gasteiger partial charge is 0.465 e. The van der Waals surface area contributed by atoms with Crippen LogP contribution >= 0.6 is 11.8 Å². The van der Waals surface area contributed by atoms with E-state index < -0.39 is 5.97 Å². The Labute approximate surface area is 189 Å². The van der Waals surface area contributed by atoms with E-state index in [0.29, 0.717) is 16.5 Å². The molecule has 5 aromatic rings. The standard InChI is InChI=1S/C21H17N7O4S/c1-11-3-5-13(6-4-11)27-18-16(19(30)23-10-22-18)26-21(27)33-9-12-7-15(29)28-17(25-12)14(8-24-28)20(31)32-2/h3-8,10,24H,9H2,1-2H3,(H,22,23,30). The lowest BCUT2D eigenvalue weighted by molar-refractivity contribution is 0.0602. The summed E-state index contributed by atoms with van der Waals surface area (Å²) in [6.45, 7) is 1.98. The Balaban J connectivity index is 1.57. The molecule has 0 fully saturated rings. The van der Waals surface area contributed by atoms with Crippen LogP contribution in [0.2, 0.25) is 0 Å². The number of nitrogens with one attached hydrogen (secondary N) is 2. The first kappa shape index (κ1) is 20.7. The maximum Gasteiger partial charge on any atom is 0.343 e. The second-order valence-corrected chi connectivity index (χ2v) is 8.12. The fourth-order valence-corrected chi connectivity index (χ4v) is 4.31. The molecule has 1 aromatic carbocycles. The van der Waals surface area contributed by atoms with E-state index in [4.69, 9.17) is 4.74 Å². The molecule has 0 bridgehead atoms. The molecule has 0 atom stereocenters. The highest BCUT2D eigenvalue weighted by Crippen LogP contribution is 2.28. The van der Waals surface area contributed by atoms with Gasteiger partial charge in [-0.05, 0) is 19.1 Å². The van der Waals surface area contributed by atoms with Crippen LogP contribution in [0.5, 0.6) is 0 Å². The monoisotopic (exact) mass is 463 g/mol. The molecule has 0 unspecified atom stereocenters. The molecule has 166 valence electrons. The lowest BCUT2D eigenvalue weighted by Gasteiger charge is -2.08. The average molecular weight is 463 g/mol. The zero-order chi connectivity index (χ0) is 23.1. The average Bonchev–Trinajstić information content (AvgIpc) is 3.40. The fraction of sp³-hybridized carbons (Fsp3) is 0.143. The molecule has 5 rings (SSSR count). The summed E-state index contributed by atoms with van der Waals surface area (Å²) in [4.78, 5) is 52.6. The molecule has 33 heavy (non-hydrogen) atoms. The maximum atomic E-state index is 12.5. The number of aryl methyl sites for hydroxylation is 1. The Kier molecular flexibility index (Phi) is 5.05. The molecule has 2 N–H and O–H groups in total. The first-order chi connectivity index (χ1) is 16.0. The van der Waals surface area contributed by atoms with Gasteiger partial charge in [0.1, 0.15) is 5.56 Å². The normalized spacial score (nSPS) is 11.3. The lowest BCUT2D eigenvalue weighted by Crippen LogP contribution is -2.16. The van der Waals surface area contributed by atoms with E-state index in [9.17, 15) is 14.4 Å². The summed E-state index contributed by atoms with van der Waals surface area (Å²) in [7, 11) is 1.26. The summed E-state index contributed by atoms with van der Waals surface area (Å²) in [5.74, 6) is -0.332. The summed E-state index contributed by atoms with van der Waals surface area (Å²) in [5, 5.41) is 3.22. The van der Waals surface area contributed by atoms with E-state index in [1.807, 2.05) is 31.2 Å². The molecule has 0 radical (unpaired) electrons. The second-order valence-electron chi connectivity index (χ2n) is 7.18. The Morgan fingerprint density at radius 1 is 1.15 bits per heavy atom. The number of esters is 1. The Morgan fingerprint density at radius 3 is 2.70 bits per heavy atom. The van der Waals surface area contributed by atoms with Gasteiger partial charge in [0.05, 0.1) is 19.1 Å². The van der Waals surface area contributed by atoms with Crippen LogP contribution in [0.4, 0.5) is 0 Å². The van der Waals surface area contributed by atoms with Gasteiger partial charge in [0.25, 0.3) is 11.1 Å². The third-order valence-corrected chi connectivity index (χ3v) is 5.99. The second kappa shape index (κ2) is 8.06. The number of rotatable bonds is 5. The SMILES string of the molecule is COC(=O)c1c[nH]n2c(=O)cc(CSc3nc4c(=O)[nH]cnc4n3-c3ccc(C)cc3)nc12. The first-order valence-corrected chi connectivity index (χ1v) is 10.8. The minimum Gasteiger partial charge on any atom is -0.465 e. The first-order valence-electron chi connectivity index (χ1n) is 9.80. The van der Waals surface area contributed by atoms with E-state index in [1.165, 1.54) is 42.0 Å². The number of hydrogen-bond acceptors (Lipinski definition) is 8. The molecule has 0 aliphatic carbocycles. The van der Waals surface area contributed by atoms with Crippen molar-refractivity contribution in [2.75, 3.05) is 7.11 Å². The number of aromatic amines is 2. The van der Waals surface area contributed by atoms with Gasteiger partial charge in [-0.25, -0.2) is 24.3 Å². The highest BCUT2D eigenvalue weighted by atomic mass is 32.2. The zero-order valence-corrected chi connectivity index (χ0v) is 18.3. The number of carbonyl (C=O) groups is 1. The van der Waals surface area contributed by atoms with E-state index in [-0.39, 0.29) is 33.6 Å². The van der Waals surface area contributed by atoms with Gasteiger partial charge >= 0.3 is 5.97 Å². The predicted octanol–water partition coefficient (Wildman–Crippen LogP) is 1.83. The number of benzene rings is 1. The quantitative estimate of drug-likeness (QED) is 0.297. The summed E-state index contributed by atoms with van der Waals surface area (Å²) in [6.07, 6.45) is 2.71. The van der Waals surface area contributed by atoms with Gasteiger partial charge in [-0.15, -0.1) is 0 Å². The molecule has 0 spiro atoms. The topological polar surface area (TPSA) is 140 Å². The van der Waals surface area contributed by atoms with E-state index in [1.54, 1.807) is 4.57 Å². The van der Waals surface area contributed by atoms with Crippen LogP contribution in [0.25, 0.3) is 22.5 Å². The summed E-state index contributed by atoms with van der Waals surface area (Å²) in [5.41, 5.74) is 2.59. The molecule has 12 heteroatoms. The minimum absolute atomic E-state index is 0.157. The van der Waals surface area contributed by atoms with Crippen LogP contribution in [-0.4, -0.2) is 47.2 Å². The third kappa shape index (κ3) is 3.59. The summed E-state index contributed by atoms with van der Waals surface area (Å²) < 4.78 is 7.72. The van der Waals surface area contributed by atoms with Crippen molar-refractivity contribution in [1.82, 2.24) is 34.1 Å². The van der Waals surface area contributed by atoms with Gasteiger partial charge < -0.3 is 9.72 Å². The molecule has 11 nitrogen and oxygen atoms in total. The van der Waals surface area contributed by atoms with Crippen molar-refractivity contribution in [2.24, 2.45) is 0 Å². The molecule has 4 heterocycles. The van der Waals surface area contributed by atoms with Crippen LogP contribution in [0.15, 0.2) is 57.6 Å². The van der Waals surface area contributed by atoms with Gasteiger partial charge in [0, 0.05) is 23.7 Å². The van der Waals surface area contributed by atoms with Crippen molar-refractivity contribution >= 4 is 34.5 Å². The number of hydrogen-bond donors (Lipinski definition) is 2. The van der Waals surface area contributed by atoms with E-state index in [0.717, 1.165) is 11.3 Å². The van der Waals surface area contributed by atoms with E-state index >= 15 is 0 Å². The Hall–Kier alpha value is -4.19. The van der Waals surface area contributed by atoms with Gasteiger partial charge in [-0.1, -0.05) is 29.5 Å². The Morgan fingerprint density at radius 2 is 1.94 bits per heavy atom.